The number of carbonyl (C=O) groups excluding carboxylic acids is 1. The molecule has 1 saturated carbocycles. The topological polar surface area (TPSA) is 61.4 Å². The van der Waals surface area contributed by atoms with Crippen molar-refractivity contribution < 1.29 is 9.90 Å². The third-order valence-electron chi connectivity index (χ3n) is 3.66. The molecule has 3 N–H and O–H groups in total. The van der Waals surface area contributed by atoms with Crippen LogP contribution in [-0.4, -0.2) is 30.2 Å². The van der Waals surface area contributed by atoms with Gasteiger partial charge in [-0.05, 0) is 25.0 Å². The molecule has 4 nitrogen and oxygen atoms in total. The smallest absolute Gasteiger partial charge is 0.239 e. The van der Waals surface area contributed by atoms with Crippen molar-refractivity contribution in [3.63, 3.8) is 0 Å². The monoisotopic (exact) mass is 298 g/mol. The molecule has 2 atom stereocenters. The van der Waals surface area contributed by atoms with Gasteiger partial charge >= 0.3 is 0 Å². The van der Waals surface area contributed by atoms with Crippen LogP contribution in [-0.2, 0) is 4.79 Å². The SMILES string of the molecule is Cl.O=C(CNc1ccccc1)NCC1CCCCC1O. The van der Waals surface area contributed by atoms with E-state index in [1.54, 1.807) is 0 Å². The van der Waals surface area contributed by atoms with E-state index in [1.165, 1.54) is 0 Å². The van der Waals surface area contributed by atoms with Gasteiger partial charge in [0.15, 0.2) is 0 Å². The molecule has 1 aromatic rings. The van der Waals surface area contributed by atoms with Crippen LogP contribution in [0.25, 0.3) is 0 Å². The molecule has 0 radical (unpaired) electrons. The zero-order valence-electron chi connectivity index (χ0n) is 11.5. The van der Waals surface area contributed by atoms with Gasteiger partial charge in [0, 0.05) is 18.2 Å². The largest absolute Gasteiger partial charge is 0.393 e. The Hall–Kier alpha value is -1.26. The number of nitrogens with one attached hydrogen (secondary N) is 2. The summed E-state index contributed by atoms with van der Waals surface area (Å²) in [4.78, 5) is 11.7. The Morgan fingerprint density at radius 1 is 1.20 bits per heavy atom. The predicted octanol–water partition coefficient (Wildman–Crippen LogP) is 2.19. The zero-order chi connectivity index (χ0) is 13.5. The number of hydrogen-bond donors (Lipinski definition) is 3. The molecule has 0 aliphatic heterocycles. The van der Waals surface area contributed by atoms with E-state index >= 15 is 0 Å². The van der Waals surface area contributed by atoms with Gasteiger partial charge in [-0.2, -0.15) is 0 Å². The van der Waals surface area contributed by atoms with Crippen LogP contribution in [0.2, 0.25) is 0 Å². The van der Waals surface area contributed by atoms with E-state index in [-0.39, 0.29) is 36.9 Å². The standard InChI is InChI=1S/C15H22N2O2.ClH/c18-14-9-5-4-6-12(14)10-17-15(19)11-16-13-7-2-1-3-8-13;/h1-3,7-8,12,14,16,18H,4-6,9-11H2,(H,17,19);1H. The molecule has 0 bridgehead atoms. The van der Waals surface area contributed by atoms with Gasteiger partial charge in [-0.15, -0.1) is 12.4 Å². The molecule has 1 aromatic carbocycles. The number of hydrogen-bond acceptors (Lipinski definition) is 3. The van der Waals surface area contributed by atoms with E-state index in [2.05, 4.69) is 10.6 Å². The van der Waals surface area contributed by atoms with E-state index in [0.717, 1.165) is 31.4 Å². The molecule has 1 aliphatic carbocycles. The van der Waals surface area contributed by atoms with Crippen LogP contribution in [0.4, 0.5) is 5.69 Å². The lowest BCUT2D eigenvalue weighted by molar-refractivity contribution is -0.119. The number of aliphatic hydroxyl groups is 1. The molecule has 2 rings (SSSR count). The Morgan fingerprint density at radius 3 is 2.60 bits per heavy atom. The van der Waals surface area contributed by atoms with Gasteiger partial charge in [-0.1, -0.05) is 31.0 Å². The predicted molar refractivity (Wildman–Crippen MR) is 83.2 cm³/mol. The minimum absolute atomic E-state index is 0. The first-order chi connectivity index (χ1) is 9.25. The van der Waals surface area contributed by atoms with Crippen LogP contribution in [0.3, 0.4) is 0 Å². The molecule has 5 heteroatoms. The Labute approximate surface area is 126 Å². The van der Waals surface area contributed by atoms with Gasteiger partial charge in [0.05, 0.1) is 12.6 Å². The van der Waals surface area contributed by atoms with E-state index in [4.69, 9.17) is 0 Å². The van der Waals surface area contributed by atoms with Crippen LogP contribution in [0, 0.1) is 5.92 Å². The highest BCUT2D eigenvalue weighted by atomic mass is 35.5. The fraction of sp³-hybridized carbons (Fsp3) is 0.533. The van der Waals surface area contributed by atoms with Crippen molar-refractivity contribution in [3.8, 4) is 0 Å². The normalized spacial score (nSPS) is 21.6. The van der Waals surface area contributed by atoms with Gasteiger partial charge in [-0.3, -0.25) is 4.79 Å². The summed E-state index contributed by atoms with van der Waals surface area (Å²) in [5.74, 6) is 0.191. The number of para-hydroxylation sites is 1. The van der Waals surface area contributed by atoms with E-state index in [1.807, 2.05) is 30.3 Å². The van der Waals surface area contributed by atoms with Crippen LogP contribution in [0.1, 0.15) is 25.7 Å². The summed E-state index contributed by atoms with van der Waals surface area (Å²) >= 11 is 0. The summed E-state index contributed by atoms with van der Waals surface area (Å²) in [6.45, 7) is 0.850. The first-order valence-corrected chi connectivity index (χ1v) is 6.99. The van der Waals surface area contributed by atoms with Crippen molar-refractivity contribution in [2.24, 2.45) is 5.92 Å². The molecule has 1 aliphatic rings. The van der Waals surface area contributed by atoms with Crippen molar-refractivity contribution >= 4 is 24.0 Å². The fourth-order valence-electron chi connectivity index (χ4n) is 2.47. The van der Waals surface area contributed by atoms with Gasteiger partial charge in [0.1, 0.15) is 0 Å². The Morgan fingerprint density at radius 2 is 1.90 bits per heavy atom. The maximum Gasteiger partial charge on any atom is 0.239 e. The third kappa shape index (κ3) is 5.39. The quantitative estimate of drug-likeness (QED) is 0.781. The van der Waals surface area contributed by atoms with Crippen molar-refractivity contribution in [3.05, 3.63) is 30.3 Å². The van der Waals surface area contributed by atoms with Crippen molar-refractivity contribution in [2.45, 2.75) is 31.8 Å². The molecule has 0 saturated heterocycles. The average Bonchev–Trinajstić information content (AvgIpc) is 2.45. The zero-order valence-corrected chi connectivity index (χ0v) is 12.4. The molecule has 20 heavy (non-hydrogen) atoms. The van der Waals surface area contributed by atoms with E-state index < -0.39 is 0 Å². The number of amides is 1. The lowest BCUT2D eigenvalue weighted by Crippen LogP contribution is -2.38. The molecule has 112 valence electrons. The number of rotatable bonds is 5. The van der Waals surface area contributed by atoms with Gasteiger partial charge in [0.2, 0.25) is 5.91 Å². The van der Waals surface area contributed by atoms with Gasteiger partial charge < -0.3 is 15.7 Å². The van der Waals surface area contributed by atoms with E-state index in [0.29, 0.717) is 6.54 Å². The Kier molecular flexibility index (Phi) is 7.41. The molecular formula is C15H23ClN2O2. The molecule has 1 fully saturated rings. The number of benzene rings is 1. The summed E-state index contributed by atoms with van der Waals surface area (Å²) in [6, 6.07) is 9.66. The Bertz CT molecular complexity index is 400. The molecule has 0 spiro atoms. The first-order valence-electron chi connectivity index (χ1n) is 6.99. The lowest BCUT2D eigenvalue weighted by atomic mass is 9.86. The summed E-state index contributed by atoms with van der Waals surface area (Å²) < 4.78 is 0. The van der Waals surface area contributed by atoms with Crippen molar-refractivity contribution in [1.82, 2.24) is 5.32 Å². The molecule has 0 aromatic heterocycles. The average molecular weight is 299 g/mol. The second kappa shape index (κ2) is 8.82. The molecule has 0 heterocycles. The molecule has 1 amide bonds. The number of anilines is 1. The highest BCUT2D eigenvalue weighted by Gasteiger charge is 2.23. The van der Waals surface area contributed by atoms with Gasteiger partial charge in [0.25, 0.3) is 0 Å². The second-order valence-electron chi connectivity index (χ2n) is 5.14. The van der Waals surface area contributed by atoms with Crippen LogP contribution >= 0.6 is 12.4 Å². The molecular weight excluding hydrogens is 276 g/mol. The van der Waals surface area contributed by atoms with Crippen LogP contribution in [0.15, 0.2) is 30.3 Å². The highest BCUT2D eigenvalue weighted by molar-refractivity contribution is 5.85. The number of carbonyl (C=O) groups is 1. The summed E-state index contributed by atoms with van der Waals surface area (Å²) in [5.41, 5.74) is 0.940. The summed E-state index contributed by atoms with van der Waals surface area (Å²) in [6.07, 6.45) is 3.87. The second-order valence-corrected chi connectivity index (χ2v) is 5.14. The third-order valence-corrected chi connectivity index (χ3v) is 3.66. The summed E-state index contributed by atoms with van der Waals surface area (Å²) in [5, 5.41) is 15.8. The number of halogens is 1. The number of aliphatic hydroxyl groups excluding tert-OH is 1. The van der Waals surface area contributed by atoms with Gasteiger partial charge in [-0.25, -0.2) is 0 Å². The summed E-state index contributed by atoms with van der Waals surface area (Å²) in [7, 11) is 0. The highest BCUT2D eigenvalue weighted by Crippen LogP contribution is 2.23. The maximum atomic E-state index is 11.7. The maximum absolute atomic E-state index is 11.7. The first kappa shape index (κ1) is 16.8. The minimum Gasteiger partial charge on any atom is -0.393 e. The molecule has 2 unspecified atom stereocenters. The fourth-order valence-corrected chi connectivity index (χ4v) is 2.47. The lowest BCUT2D eigenvalue weighted by Gasteiger charge is -2.27. The van der Waals surface area contributed by atoms with Crippen molar-refractivity contribution in [2.75, 3.05) is 18.4 Å². The van der Waals surface area contributed by atoms with Crippen LogP contribution < -0.4 is 10.6 Å². The minimum atomic E-state index is -0.254. The Balaban J connectivity index is 0.00000200. The van der Waals surface area contributed by atoms with Crippen LogP contribution in [0.5, 0.6) is 0 Å². The van der Waals surface area contributed by atoms with E-state index in [9.17, 15) is 9.90 Å². The van der Waals surface area contributed by atoms with Crippen molar-refractivity contribution in [1.29, 1.82) is 0 Å².